The van der Waals surface area contributed by atoms with Crippen molar-refractivity contribution in [3.63, 3.8) is 0 Å². The molecule has 0 unspecified atom stereocenters. The van der Waals surface area contributed by atoms with Crippen LogP contribution in [0.4, 0.5) is 4.39 Å². The van der Waals surface area contributed by atoms with Gasteiger partial charge in [-0.15, -0.1) is 0 Å². The molecule has 0 N–H and O–H groups in total. The number of fused-ring (bicyclic) bond motifs is 1. The molecule has 1 aromatic carbocycles. The Morgan fingerprint density at radius 3 is 2.50 bits per heavy atom. The number of hydrogen-bond donors (Lipinski definition) is 0. The van der Waals surface area contributed by atoms with Crippen molar-refractivity contribution < 1.29 is 4.39 Å². The molecule has 1 spiro atoms. The zero-order valence-electron chi connectivity index (χ0n) is 11.6. The normalized spacial score (nSPS) is 24.8. The molecule has 2 aliphatic rings. The summed E-state index contributed by atoms with van der Waals surface area (Å²) in [5.74, 6) is 0.0187. The summed E-state index contributed by atoms with van der Waals surface area (Å²) in [4.78, 5) is 0. The van der Waals surface area contributed by atoms with Crippen LogP contribution < -0.4 is 0 Å². The first-order valence-electron chi connectivity index (χ1n) is 7.30. The maximum atomic E-state index is 14.2. The summed E-state index contributed by atoms with van der Waals surface area (Å²) in [5, 5.41) is 0. The van der Waals surface area contributed by atoms with E-state index in [1.807, 2.05) is 6.07 Å². The van der Waals surface area contributed by atoms with Crippen LogP contribution in [0.15, 0.2) is 18.2 Å². The fourth-order valence-corrected chi connectivity index (χ4v) is 4.50. The Balaban J connectivity index is 2.06. The van der Waals surface area contributed by atoms with E-state index in [2.05, 4.69) is 19.9 Å². The highest BCUT2D eigenvalue weighted by atomic mass is 19.1. The lowest BCUT2D eigenvalue weighted by Gasteiger charge is -2.48. The third-order valence-electron chi connectivity index (χ3n) is 5.13. The summed E-state index contributed by atoms with van der Waals surface area (Å²) < 4.78 is 14.2. The first-order valence-corrected chi connectivity index (χ1v) is 7.30. The second kappa shape index (κ2) is 4.08. The quantitative estimate of drug-likeness (QED) is 0.604. The summed E-state index contributed by atoms with van der Waals surface area (Å²) in [6.45, 7) is 4.58. The van der Waals surface area contributed by atoms with Crippen LogP contribution in [-0.2, 0) is 11.8 Å². The summed E-state index contributed by atoms with van der Waals surface area (Å²) >= 11 is 0. The van der Waals surface area contributed by atoms with Crippen molar-refractivity contribution in [2.45, 2.75) is 64.2 Å². The average molecular weight is 246 g/mol. The van der Waals surface area contributed by atoms with E-state index in [1.165, 1.54) is 44.1 Å². The predicted octanol–water partition coefficient (Wildman–Crippen LogP) is 5.00. The van der Waals surface area contributed by atoms with E-state index >= 15 is 0 Å². The van der Waals surface area contributed by atoms with Crippen LogP contribution >= 0.6 is 0 Å². The first kappa shape index (κ1) is 12.2. The second-order valence-corrected chi connectivity index (χ2v) is 7.06. The van der Waals surface area contributed by atoms with E-state index in [0.717, 1.165) is 12.0 Å². The molecule has 0 nitrogen and oxygen atoms in total. The SMILES string of the molecule is CC1(C)CC2(CCCCC2)Cc2c(F)cccc21. The van der Waals surface area contributed by atoms with Crippen molar-refractivity contribution >= 4 is 0 Å². The minimum atomic E-state index is 0.0187. The molecule has 0 heterocycles. The molecule has 18 heavy (non-hydrogen) atoms. The van der Waals surface area contributed by atoms with Gasteiger partial charge in [0.15, 0.2) is 0 Å². The van der Waals surface area contributed by atoms with E-state index in [4.69, 9.17) is 0 Å². The van der Waals surface area contributed by atoms with Gasteiger partial charge in [-0.25, -0.2) is 4.39 Å². The minimum Gasteiger partial charge on any atom is -0.207 e. The molecule has 1 aromatic rings. The Morgan fingerprint density at radius 2 is 1.78 bits per heavy atom. The Hall–Kier alpha value is -0.850. The summed E-state index contributed by atoms with van der Waals surface area (Å²) in [6.07, 6.45) is 8.83. The fraction of sp³-hybridized carbons (Fsp3) is 0.647. The number of halogens is 1. The van der Waals surface area contributed by atoms with Gasteiger partial charge in [-0.05, 0) is 53.7 Å². The topological polar surface area (TPSA) is 0 Å². The van der Waals surface area contributed by atoms with Gasteiger partial charge in [-0.1, -0.05) is 45.2 Å². The van der Waals surface area contributed by atoms with Crippen LogP contribution in [0.5, 0.6) is 0 Å². The highest BCUT2D eigenvalue weighted by molar-refractivity contribution is 5.38. The van der Waals surface area contributed by atoms with Crippen molar-refractivity contribution in [2.75, 3.05) is 0 Å². The smallest absolute Gasteiger partial charge is 0.126 e. The lowest BCUT2D eigenvalue weighted by atomic mass is 9.56. The number of rotatable bonds is 0. The largest absolute Gasteiger partial charge is 0.207 e. The molecule has 2 aliphatic carbocycles. The average Bonchev–Trinajstić information content (AvgIpc) is 2.31. The maximum absolute atomic E-state index is 14.2. The van der Waals surface area contributed by atoms with Gasteiger partial charge in [0.25, 0.3) is 0 Å². The van der Waals surface area contributed by atoms with Crippen LogP contribution in [0.1, 0.15) is 63.5 Å². The molecule has 1 fully saturated rings. The van der Waals surface area contributed by atoms with Gasteiger partial charge >= 0.3 is 0 Å². The van der Waals surface area contributed by atoms with Gasteiger partial charge < -0.3 is 0 Å². The molecule has 98 valence electrons. The lowest BCUT2D eigenvalue weighted by molar-refractivity contribution is 0.119. The Labute approximate surface area is 110 Å². The van der Waals surface area contributed by atoms with E-state index < -0.39 is 0 Å². The van der Waals surface area contributed by atoms with Gasteiger partial charge in [0.1, 0.15) is 5.82 Å². The van der Waals surface area contributed by atoms with Gasteiger partial charge in [0, 0.05) is 0 Å². The van der Waals surface area contributed by atoms with E-state index in [9.17, 15) is 4.39 Å². The van der Waals surface area contributed by atoms with E-state index in [-0.39, 0.29) is 11.2 Å². The number of hydrogen-bond acceptors (Lipinski definition) is 0. The molecular weight excluding hydrogens is 223 g/mol. The molecule has 0 aromatic heterocycles. The van der Waals surface area contributed by atoms with Gasteiger partial charge in [-0.3, -0.25) is 0 Å². The predicted molar refractivity (Wildman–Crippen MR) is 73.3 cm³/mol. The second-order valence-electron chi connectivity index (χ2n) is 7.06. The van der Waals surface area contributed by atoms with Crippen molar-refractivity contribution in [3.8, 4) is 0 Å². The zero-order chi connectivity index (χ0) is 12.8. The molecule has 0 saturated heterocycles. The van der Waals surface area contributed by atoms with Crippen molar-refractivity contribution in [2.24, 2.45) is 5.41 Å². The summed E-state index contributed by atoms with van der Waals surface area (Å²) in [5.41, 5.74) is 2.78. The minimum absolute atomic E-state index is 0.0187. The molecule has 1 saturated carbocycles. The lowest BCUT2D eigenvalue weighted by Crippen LogP contribution is -2.40. The van der Waals surface area contributed by atoms with Crippen molar-refractivity contribution in [3.05, 3.63) is 35.1 Å². The van der Waals surface area contributed by atoms with Gasteiger partial charge in [0.05, 0.1) is 0 Å². The van der Waals surface area contributed by atoms with Gasteiger partial charge in [-0.2, -0.15) is 0 Å². The maximum Gasteiger partial charge on any atom is 0.126 e. The van der Waals surface area contributed by atoms with E-state index in [1.54, 1.807) is 6.07 Å². The molecule has 0 aliphatic heterocycles. The van der Waals surface area contributed by atoms with Crippen LogP contribution in [0, 0.1) is 11.2 Å². The standard InChI is InChI=1S/C17H23F/c1-16(2)12-17(9-4-3-5-10-17)11-13-14(16)7-6-8-15(13)18/h6-8H,3-5,9-12H2,1-2H3. The third kappa shape index (κ3) is 1.88. The monoisotopic (exact) mass is 246 g/mol. The number of benzene rings is 1. The fourth-order valence-electron chi connectivity index (χ4n) is 4.50. The zero-order valence-corrected chi connectivity index (χ0v) is 11.6. The van der Waals surface area contributed by atoms with Crippen molar-refractivity contribution in [1.29, 1.82) is 0 Å². The molecule has 0 amide bonds. The van der Waals surface area contributed by atoms with Crippen LogP contribution in [0.25, 0.3) is 0 Å². The molecular formula is C17H23F. The molecule has 0 radical (unpaired) electrons. The third-order valence-corrected chi connectivity index (χ3v) is 5.13. The molecule has 3 rings (SSSR count). The first-order chi connectivity index (χ1) is 8.53. The van der Waals surface area contributed by atoms with Crippen LogP contribution in [-0.4, -0.2) is 0 Å². The Kier molecular flexibility index (Phi) is 2.76. The molecule has 0 atom stereocenters. The van der Waals surface area contributed by atoms with Crippen LogP contribution in [0.2, 0.25) is 0 Å². The molecule has 0 bridgehead atoms. The Bertz CT molecular complexity index is 453. The van der Waals surface area contributed by atoms with Crippen molar-refractivity contribution in [1.82, 2.24) is 0 Å². The summed E-state index contributed by atoms with van der Waals surface area (Å²) in [7, 11) is 0. The highest BCUT2D eigenvalue weighted by Gasteiger charge is 2.44. The highest BCUT2D eigenvalue weighted by Crippen LogP contribution is 2.53. The van der Waals surface area contributed by atoms with E-state index in [0.29, 0.717) is 5.41 Å². The van der Waals surface area contributed by atoms with Crippen LogP contribution in [0.3, 0.4) is 0 Å². The summed E-state index contributed by atoms with van der Waals surface area (Å²) in [6, 6.07) is 5.64. The van der Waals surface area contributed by atoms with Gasteiger partial charge in [0.2, 0.25) is 0 Å². The Morgan fingerprint density at radius 1 is 1.06 bits per heavy atom. The molecule has 1 heteroatoms.